The largest absolute Gasteiger partial charge is 0.490 e. The maximum absolute atomic E-state index is 12.8. The molecule has 25 heavy (non-hydrogen) atoms. The number of ether oxygens (including phenoxy) is 1. The van der Waals surface area contributed by atoms with Crippen LogP contribution in [0.3, 0.4) is 0 Å². The number of urea groups is 1. The van der Waals surface area contributed by atoms with Crippen LogP contribution < -0.4 is 20.3 Å². The van der Waals surface area contributed by atoms with Gasteiger partial charge in [0.05, 0.1) is 11.1 Å². The minimum Gasteiger partial charge on any atom is -0.490 e. The summed E-state index contributed by atoms with van der Waals surface area (Å²) in [5, 5.41) is 5.63. The summed E-state index contributed by atoms with van der Waals surface area (Å²) in [7, 11) is 0. The van der Waals surface area contributed by atoms with Gasteiger partial charge in [0, 0.05) is 23.8 Å². The second-order valence-corrected chi connectivity index (χ2v) is 7.89. The van der Waals surface area contributed by atoms with Gasteiger partial charge in [0.1, 0.15) is 12.4 Å². The van der Waals surface area contributed by atoms with Crippen LogP contribution in [-0.4, -0.2) is 30.6 Å². The number of amides is 3. The standard InChI is InChI=1S/C19H27N3O3/c1-7-10-22-14-9-8-13(20-17(24)21-18(2,3)4)11-15(14)25-12-19(5,6)16(22)23/h7-9,11H,1,10,12H2,2-6H3,(H2,20,21,24). The summed E-state index contributed by atoms with van der Waals surface area (Å²) in [6, 6.07) is 4.99. The van der Waals surface area contributed by atoms with Crippen LogP contribution in [0.2, 0.25) is 0 Å². The SMILES string of the molecule is C=CCN1C(=O)C(C)(C)COc2cc(NC(=O)NC(C)(C)C)ccc21. The molecule has 0 spiro atoms. The first-order valence-electron chi connectivity index (χ1n) is 8.32. The third-order valence-corrected chi connectivity index (χ3v) is 3.72. The molecule has 6 heteroatoms. The molecule has 0 unspecified atom stereocenters. The van der Waals surface area contributed by atoms with E-state index in [9.17, 15) is 9.59 Å². The molecule has 2 N–H and O–H groups in total. The van der Waals surface area contributed by atoms with E-state index >= 15 is 0 Å². The highest BCUT2D eigenvalue weighted by atomic mass is 16.5. The fraction of sp³-hybridized carbons (Fsp3) is 0.474. The summed E-state index contributed by atoms with van der Waals surface area (Å²) >= 11 is 0. The van der Waals surface area contributed by atoms with Gasteiger partial charge in [0.2, 0.25) is 5.91 Å². The van der Waals surface area contributed by atoms with Crippen LogP contribution in [0.15, 0.2) is 30.9 Å². The zero-order valence-electron chi connectivity index (χ0n) is 15.6. The third-order valence-electron chi connectivity index (χ3n) is 3.72. The number of nitrogens with one attached hydrogen (secondary N) is 2. The zero-order chi connectivity index (χ0) is 18.8. The Bertz CT molecular complexity index is 690. The van der Waals surface area contributed by atoms with Crippen molar-refractivity contribution in [2.24, 2.45) is 5.41 Å². The lowest BCUT2D eigenvalue weighted by Gasteiger charge is -2.27. The zero-order valence-corrected chi connectivity index (χ0v) is 15.6. The second kappa shape index (κ2) is 6.78. The Balaban J connectivity index is 2.30. The number of hydrogen-bond donors (Lipinski definition) is 2. The van der Waals surface area contributed by atoms with Crippen molar-refractivity contribution < 1.29 is 14.3 Å². The van der Waals surface area contributed by atoms with Gasteiger partial charge in [-0.2, -0.15) is 0 Å². The van der Waals surface area contributed by atoms with Crippen LogP contribution in [0, 0.1) is 5.41 Å². The quantitative estimate of drug-likeness (QED) is 0.823. The first-order valence-corrected chi connectivity index (χ1v) is 8.32. The maximum Gasteiger partial charge on any atom is 0.319 e. The van der Waals surface area contributed by atoms with Crippen molar-refractivity contribution in [3.63, 3.8) is 0 Å². The number of benzene rings is 1. The third kappa shape index (κ3) is 4.53. The number of carbonyl (C=O) groups is 2. The van der Waals surface area contributed by atoms with Gasteiger partial charge in [-0.05, 0) is 46.8 Å². The van der Waals surface area contributed by atoms with E-state index in [2.05, 4.69) is 17.2 Å². The van der Waals surface area contributed by atoms with Crippen molar-refractivity contribution in [3.8, 4) is 5.75 Å². The minimum atomic E-state index is -0.640. The molecule has 0 bridgehead atoms. The minimum absolute atomic E-state index is 0.0164. The first kappa shape index (κ1) is 18.8. The summed E-state index contributed by atoms with van der Waals surface area (Å²) < 4.78 is 5.87. The summed E-state index contributed by atoms with van der Waals surface area (Å²) in [6.07, 6.45) is 1.69. The van der Waals surface area contributed by atoms with Crippen molar-refractivity contribution in [1.82, 2.24) is 5.32 Å². The molecule has 0 aliphatic carbocycles. The Labute approximate surface area is 149 Å². The van der Waals surface area contributed by atoms with Crippen molar-refractivity contribution in [2.45, 2.75) is 40.2 Å². The van der Waals surface area contributed by atoms with Crippen LogP contribution in [0.25, 0.3) is 0 Å². The van der Waals surface area contributed by atoms with Gasteiger partial charge in [0.25, 0.3) is 0 Å². The van der Waals surface area contributed by atoms with Crippen LogP contribution in [0.4, 0.5) is 16.2 Å². The molecule has 0 atom stereocenters. The topological polar surface area (TPSA) is 70.7 Å². The smallest absolute Gasteiger partial charge is 0.319 e. The van der Waals surface area contributed by atoms with E-state index in [1.807, 2.05) is 34.6 Å². The molecule has 0 radical (unpaired) electrons. The molecule has 1 aromatic rings. The monoisotopic (exact) mass is 345 g/mol. The molecule has 0 saturated heterocycles. The van der Waals surface area contributed by atoms with Gasteiger partial charge in [0.15, 0.2) is 0 Å². The molecule has 0 aromatic heterocycles. The number of fused-ring (bicyclic) bond motifs is 1. The highest BCUT2D eigenvalue weighted by Gasteiger charge is 2.37. The molecule has 0 fully saturated rings. The maximum atomic E-state index is 12.8. The Morgan fingerprint density at radius 3 is 2.68 bits per heavy atom. The average Bonchev–Trinajstić information content (AvgIpc) is 2.56. The van der Waals surface area contributed by atoms with E-state index in [0.717, 1.165) is 0 Å². The van der Waals surface area contributed by atoms with Crippen molar-refractivity contribution in [3.05, 3.63) is 30.9 Å². The molecule has 3 amide bonds. The Morgan fingerprint density at radius 2 is 2.08 bits per heavy atom. The summed E-state index contributed by atoms with van der Waals surface area (Å²) in [4.78, 5) is 26.5. The van der Waals surface area contributed by atoms with Gasteiger partial charge in [-0.3, -0.25) is 4.79 Å². The van der Waals surface area contributed by atoms with Gasteiger partial charge >= 0.3 is 6.03 Å². The highest BCUT2D eigenvalue weighted by Crippen LogP contribution is 2.38. The lowest BCUT2D eigenvalue weighted by Crippen LogP contribution is -2.43. The fourth-order valence-corrected chi connectivity index (χ4v) is 2.54. The van der Waals surface area contributed by atoms with Gasteiger partial charge in [-0.15, -0.1) is 6.58 Å². The predicted molar refractivity (Wildman–Crippen MR) is 100 cm³/mol. The Morgan fingerprint density at radius 1 is 1.40 bits per heavy atom. The van der Waals surface area contributed by atoms with Crippen LogP contribution in [0.1, 0.15) is 34.6 Å². The normalized spacial score (nSPS) is 16.4. The molecule has 1 aliphatic rings. The van der Waals surface area contributed by atoms with E-state index in [1.165, 1.54) is 0 Å². The first-order chi connectivity index (χ1) is 11.5. The molecular weight excluding hydrogens is 318 g/mol. The number of hydrogen-bond acceptors (Lipinski definition) is 3. The number of anilines is 2. The van der Waals surface area contributed by atoms with Crippen LogP contribution >= 0.6 is 0 Å². The van der Waals surface area contributed by atoms with E-state index in [0.29, 0.717) is 23.7 Å². The van der Waals surface area contributed by atoms with Crippen LogP contribution in [-0.2, 0) is 4.79 Å². The lowest BCUT2D eigenvalue weighted by molar-refractivity contribution is -0.127. The molecule has 2 rings (SSSR count). The van der Waals surface area contributed by atoms with E-state index in [-0.39, 0.29) is 24.1 Å². The van der Waals surface area contributed by atoms with Gasteiger partial charge in [-0.1, -0.05) is 6.08 Å². The fourth-order valence-electron chi connectivity index (χ4n) is 2.54. The summed E-state index contributed by atoms with van der Waals surface area (Å²) in [5.74, 6) is 0.548. The second-order valence-electron chi connectivity index (χ2n) is 7.89. The highest BCUT2D eigenvalue weighted by molar-refractivity contribution is 6.00. The Kier molecular flexibility index (Phi) is 5.11. The number of carbonyl (C=O) groups excluding carboxylic acids is 2. The number of rotatable bonds is 3. The molecule has 1 aromatic carbocycles. The van der Waals surface area contributed by atoms with Gasteiger partial charge in [-0.25, -0.2) is 4.79 Å². The molecule has 1 aliphatic heterocycles. The van der Waals surface area contributed by atoms with Crippen molar-refractivity contribution in [1.29, 1.82) is 0 Å². The average molecular weight is 345 g/mol. The van der Waals surface area contributed by atoms with E-state index in [1.54, 1.807) is 29.2 Å². The van der Waals surface area contributed by atoms with E-state index in [4.69, 9.17) is 4.74 Å². The van der Waals surface area contributed by atoms with Crippen molar-refractivity contribution in [2.75, 3.05) is 23.4 Å². The summed E-state index contributed by atoms with van der Waals surface area (Å²) in [6.45, 7) is 13.8. The summed E-state index contributed by atoms with van der Waals surface area (Å²) in [5.41, 5.74) is 0.311. The lowest BCUT2D eigenvalue weighted by atomic mass is 9.93. The van der Waals surface area contributed by atoms with Crippen LogP contribution in [0.5, 0.6) is 5.75 Å². The van der Waals surface area contributed by atoms with E-state index < -0.39 is 5.41 Å². The molecule has 1 heterocycles. The van der Waals surface area contributed by atoms with Crippen molar-refractivity contribution >= 4 is 23.3 Å². The molecule has 0 saturated carbocycles. The molecular formula is C19H27N3O3. The van der Waals surface area contributed by atoms with Gasteiger partial charge < -0.3 is 20.3 Å². The Hall–Kier alpha value is -2.50. The molecule has 136 valence electrons. The molecule has 6 nitrogen and oxygen atoms in total. The number of nitrogens with zero attached hydrogens (tertiary/aromatic N) is 1. The predicted octanol–water partition coefficient (Wildman–Crippen LogP) is 3.54.